The van der Waals surface area contributed by atoms with Crippen molar-refractivity contribution in [1.29, 1.82) is 0 Å². The maximum absolute atomic E-state index is 11.0. The summed E-state index contributed by atoms with van der Waals surface area (Å²) in [5, 5.41) is 2.79. The van der Waals surface area contributed by atoms with Gasteiger partial charge in [-0.15, -0.1) is 0 Å². The molecule has 0 aromatic rings. The number of unbranched alkanes of at least 4 members (excludes halogenated alkanes) is 2. The van der Waals surface area contributed by atoms with E-state index in [0.29, 0.717) is 19.4 Å². The second-order valence-corrected chi connectivity index (χ2v) is 3.49. The summed E-state index contributed by atoms with van der Waals surface area (Å²) < 4.78 is 4.83. The standard InChI is InChI=1S/C12H21NO3/c1-3-10-16-12(15)8-6-5-7-9-13-11(14)4-2/h3H,1,4-10H2,2H3,(H,13,14). The molecule has 0 aliphatic heterocycles. The van der Waals surface area contributed by atoms with Crippen LogP contribution >= 0.6 is 0 Å². The Morgan fingerprint density at radius 2 is 2.06 bits per heavy atom. The Morgan fingerprint density at radius 1 is 1.31 bits per heavy atom. The summed E-state index contributed by atoms with van der Waals surface area (Å²) in [5.74, 6) is -0.108. The minimum Gasteiger partial charge on any atom is -0.461 e. The Balaban J connectivity index is 3.23. The van der Waals surface area contributed by atoms with Gasteiger partial charge in [0.05, 0.1) is 0 Å². The molecule has 0 radical (unpaired) electrons. The first-order valence-electron chi connectivity index (χ1n) is 5.74. The third-order valence-electron chi connectivity index (χ3n) is 2.06. The van der Waals surface area contributed by atoms with Crippen molar-refractivity contribution in [2.75, 3.05) is 13.2 Å². The Kier molecular flexibility index (Phi) is 9.36. The molecule has 0 aromatic heterocycles. The van der Waals surface area contributed by atoms with Crippen molar-refractivity contribution >= 4 is 11.9 Å². The molecule has 0 saturated carbocycles. The smallest absolute Gasteiger partial charge is 0.306 e. The van der Waals surface area contributed by atoms with Gasteiger partial charge in [0.2, 0.25) is 5.91 Å². The summed E-state index contributed by atoms with van der Waals surface area (Å²) in [6.45, 7) is 6.26. The number of hydrogen-bond donors (Lipinski definition) is 1. The molecule has 0 bridgehead atoms. The SMILES string of the molecule is C=CCOC(=O)CCCCCNC(=O)CC. The Morgan fingerprint density at radius 3 is 2.69 bits per heavy atom. The molecule has 0 aliphatic rings. The zero-order valence-electron chi connectivity index (χ0n) is 9.96. The lowest BCUT2D eigenvalue weighted by Gasteiger charge is -2.03. The zero-order chi connectivity index (χ0) is 12.2. The van der Waals surface area contributed by atoms with Crippen LogP contribution in [0, 0.1) is 0 Å². The molecule has 0 aliphatic carbocycles. The van der Waals surface area contributed by atoms with Crippen molar-refractivity contribution in [3.05, 3.63) is 12.7 Å². The van der Waals surface area contributed by atoms with Crippen LogP contribution in [-0.4, -0.2) is 25.0 Å². The second-order valence-electron chi connectivity index (χ2n) is 3.49. The molecule has 0 atom stereocenters. The fraction of sp³-hybridized carbons (Fsp3) is 0.667. The van der Waals surface area contributed by atoms with E-state index in [0.717, 1.165) is 19.3 Å². The molecular formula is C12H21NO3. The third kappa shape index (κ3) is 9.24. The lowest BCUT2D eigenvalue weighted by molar-refractivity contribution is -0.142. The molecule has 0 unspecified atom stereocenters. The van der Waals surface area contributed by atoms with Crippen LogP contribution in [-0.2, 0) is 14.3 Å². The molecule has 0 fully saturated rings. The largest absolute Gasteiger partial charge is 0.461 e. The summed E-state index contributed by atoms with van der Waals surface area (Å²) in [4.78, 5) is 21.9. The van der Waals surface area contributed by atoms with Gasteiger partial charge in [-0.1, -0.05) is 26.0 Å². The normalized spacial score (nSPS) is 9.56. The fourth-order valence-electron chi connectivity index (χ4n) is 1.15. The Hall–Kier alpha value is -1.32. The lowest BCUT2D eigenvalue weighted by atomic mass is 10.2. The van der Waals surface area contributed by atoms with Gasteiger partial charge in [-0.25, -0.2) is 0 Å². The van der Waals surface area contributed by atoms with Crippen LogP contribution in [0.4, 0.5) is 0 Å². The van der Waals surface area contributed by atoms with Crippen LogP contribution in [0.15, 0.2) is 12.7 Å². The number of nitrogens with one attached hydrogen (secondary N) is 1. The van der Waals surface area contributed by atoms with Crippen molar-refractivity contribution in [2.45, 2.75) is 39.0 Å². The van der Waals surface area contributed by atoms with Crippen LogP contribution in [0.5, 0.6) is 0 Å². The molecule has 0 heterocycles. The zero-order valence-corrected chi connectivity index (χ0v) is 9.96. The molecule has 0 aromatic carbocycles. The summed E-state index contributed by atoms with van der Waals surface area (Å²) >= 11 is 0. The highest BCUT2D eigenvalue weighted by Crippen LogP contribution is 2.00. The van der Waals surface area contributed by atoms with Crippen LogP contribution < -0.4 is 5.32 Å². The minimum absolute atomic E-state index is 0.0744. The van der Waals surface area contributed by atoms with Gasteiger partial charge >= 0.3 is 5.97 Å². The minimum atomic E-state index is -0.183. The first kappa shape index (κ1) is 14.7. The first-order valence-corrected chi connectivity index (χ1v) is 5.74. The van der Waals surface area contributed by atoms with Gasteiger partial charge in [-0.05, 0) is 12.8 Å². The van der Waals surface area contributed by atoms with Gasteiger partial charge in [-0.3, -0.25) is 9.59 Å². The molecule has 0 rings (SSSR count). The Bertz CT molecular complexity index is 226. The molecular weight excluding hydrogens is 206 g/mol. The lowest BCUT2D eigenvalue weighted by Crippen LogP contribution is -2.23. The number of carbonyl (C=O) groups is 2. The number of rotatable bonds is 9. The number of amides is 1. The average Bonchev–Trinajstić information content (AvgIpc) is 2.30. The van der Waals surface area contributed by atoms with Gasteiger partial charge in [-0.2, -0.15) is 0 Å². The monoisotopic (exact) mass is 227 g/mol. The van der Waals surface area contributed by atoms with E-state index in [-0.39, 0.29) is 18.5 Å². The van der Waals surface area contributed by atoms with Crippen LogP contribution in [0.2, 0.25) is 0 Å². The van der Waals surface area contributed by atoms with Gasteiger partial charge in [0.1, 0.15) is 6.61 Å². The summed E-state index contributed by atoms with van der Waals surface area (Å²) in [5.41, 5.74) is 0. The molecule has 1 amide bonds. The predicted molar refractivity (Wildman–Crippen MR) is 62.9 cm³/mol. The molecule has 16 heavy (non-hydrogen) atoms. The van der Waals surface area contributed by atoms with Crippen molar-refractivity contribution < 1.29 is 14.3 Å². The average molecular weight is 227 g/mol. The highest BCUT2D eigenvalue weighted by molar-refractivity contribution is 5.75. The summed E-state index contributed by atoms with van der Waals surface area (Å²) in [6, 6.07) is 0. The molecule has 0 saturated heterocycles. The summed E-state index contributed by atoms with van der Waals surface area (Å²) in [6.07, 6.45) is 5.15. The van der Waals surface area contributed by atoms with Gasteiger partial charge in [0.25, 0.3) is 0 Å². The highest BCUT2D eigenvalue weighted by Gasteiger charge is 2.01. The van der Waals surface area contributed by atoms with E-state index in [1.165, 1.54) is 0 Å². The maximum atomic E-state index is 11.0. The van der Waals surface area contributed by atoms with Gasteiger partial charge in [0, 0.05) is 19.4 Å². The van der Waals surface area contributed by atoms with E-state index in [4.69, 9.17) is 4.74 Å². The van der Waals surface area contributed by atoms with Crippen molar-refractivity contribution in [1.82, 2.24) is 5.32 Å². The van der Waals surface area contributed by atoms with E-state index >= 15 is 0 Å². The number of esters is 1. The molecule has 0 spiro atoms. The first-order chi connectivity index (χ1) is 7.70. The van der Waals surface area contributed by atoms with Crippen LogP contribution in [0.3, 0.4) is 0 Å². The van der Waals surface area contributed by atoms with E-state index in [1.54, 1.807) is 6.08 Å². The van der Waals surface area contributed by atoms with Crippen molar-refractivity contribution in [2.24, 2.45) is 0 Å². The van der Waals surface area contributed by atoms with Crippen molar-refractivity contribution in [3.63, 3.8) is 0 Å². The second kappa shape index (κ2) is 10.2. The van der Waals surface area contributed by atoms with E-state index in [1.807, 2.05) is 6.92 Å². The van der Waals surface area contributed by atoms with E-state index in [2.05, 4.69) is 11.9 Å². The fourth-order valence-corrected chi connectivity index (χ4v) is 1.15. The molecule has 4 heteroatoms. The van der Waals surface area contributed by atoms with Gasteiger partial charge in [0.15, 0.2) is 0 Å². The number of ether oxygens (including phenoxy) is 1. The predicted octanol–water partition coefficient (Wildman–Crippen LogP) is 1.80. The maximum Gasteiger partial charge on any atom is 0.306 e. The summed E-state index contributed by atoms with van der Waals surface area (Å²) in [7, 11) is 0. The van der Waals surface area contributed by atoms with Crippen LogP contribution in [0.1, 0.15) is 39.0 Å². The van der Waals surface area contributed by atoms with Crippen molar-refractivity contribution in [3.8, 4) is 0 Å². The topological polar surface area (TPSA) is 55.4 Å². The molecule has 4 nitrogen and oxygen atoms in total. The van der Waals surface area contributed by atoms with Gasteiger partial charge < -0.3 is 10.1 Å². The Labute approximate surface area is 97.1 Å². The third-order valence-corrected chi connectivity index (χ3v) is 2.06. The van der Waals surface area contributed by atoms with Crippen LogP contribution in [0.25, 0.3) is 0 Å². The highest BCUT2D eigenvalue weighted by atomic mass is 16.5. The molecule has 1 N–H and O–H groups in total. The number of hydrogen-bond acceptors (Lipinski definition) is 3. The quantitative estimate of drug-likeness (QED) is 0.371. The number of carbonyl (C=O) groups excluding carboxylic acids is 2. The molecule has 92 valence electrons. The van der Waals surface area contributed by atoms with E-state index in [9.17, 15) is 9.59 Å². The van der Waals surface area contributed by atoms with E-state index < -0.39 is 0 Å².